The third-order valence-corrected chi connectivity index (χ3v) is 8.36. The highest BCUT2D eigenvalue weighted by molar-refractivity contribution is 6.20. The fourth-order valence-electron chi connectivity index (χ4n) is 6.19. The summed E-state index contributed by atoms with van der Waals surface area (Å²) in [5.41, 5.74) is 0. The Labute approximate surface area is 193 Å². The maximum atomic E-state index is 13.5. The molecule has 1 N–H and O–H groups in total. The van der Waals surface area contributed by atoms with E-state index in [1.807, 2.05) is 14.0 Å². The van der Waals surface area contributed by atoms with Crippen LogP contribution in [0.25, 0.3) is 0 Å². The lowest BCUT2D eigenvalue weighted by Crippen LogP contribution is -2.56. The molecule has 7 heteroatoms. The number of halogens is 1. The number of alkyl halides is 1. The number of hydrogen-bond acceptors (Lipinski definition) is 4. The van der Waals surface area contributed by atoms with Crippen molar-refractivity contribution in [2.24, 2.45) is 23.7 Å². The van der Waals surface area contributed by atoms with E-state index in [0.29, 0.717) is 18.6 Å². The van der Waals surface area contributed by atoms with Crippen molar-refractivity contribution in [1.82, 2.24) is 15.1 Å². The van der Waals surface area contributed by atoms with Crippen LogP contribution in [0, 0.1) is 23.7 Å². The quantitative estimate of drug-likeness (QED) is 0.625. The predicted molar refractivity (Wildman–Crippen MR) is 124 cm³/mol. The van der Waals surface area contributed by atoms with E-state index in [1.54, 1.807) is 4.90 Å². The molecule has 178 valence electrons. The highest BCUT2D eigenvalue weighted by atomic mass is 35.5. The van der Waals surface area contributed by atoms with Gasteiger partial charge in [0.05, 0.1) is 5.92 Å². The van der Waals surface area contributed by atoms with Gasteiger partial charge in [-0.15, -0.1) is 11.6 Å². The number of carbonyl (C=O) groups excluding carboxylic acids is 2. The van der Waals surface area contributed by atoms with Crippen LogP contribution in [0.15, 0.2) is 0 Å². The minimum Gasteiger partial charge on any atom is -0.381 e. The van der Waals surface area contributed by atoms with Crippen molar-refractivity contribution in [3.05, 3.63) is 0 Å². The van der Waals surface area contributed by atoms with Crippen molar-refractivity contribution in [2.75, 3.05) is 33.4 Å². The highest BCUT2D eigenvalue weighted by Gasteiger charge is 2.44. The molecule has 7 unspecified atom stereocenters. The number of nitrogens with zero attached hydrogens (tertiary/aromatic N) is 2. The molecular weight excluding hydrogens is 414 g/mol. The summed E-state index contributed by atoms with van der Waals surface area (Å²) in [4.78, 5) is 30.5. The Morgan fingerprint density at radius 3 is 2.45 bits per heavy atom. The van der Waals surface area contributed by atoms with Crippen molar-refractivity contribution in [3.8, 4) is 0 Å². The minimum absolute atomic E-state index is 0.00944. The zero-order valence-electron chi connectivity index (χ0n) is 20.0. The molecule has 0 bridgehead atoms. The summed E-state index contributed by atoms with van der Waals surface area (Å²) in [5, 5.41) is 3.06. The smallest absolute Gasteiger partial charge is 0.225 e. The lowest BCUT2D eigenvalue weighted by Gasteiger charge is -2.48. The van der Waals surface area contributed by atoms with Crippen LogP contribution in [-0.2, 0) is 14.3 Å². The van der Waals surface area contributed by atoms with E-state index in [-0.39, 0.29) is 46.9 Å². The van der Waals surface area contributed by atoms with Gasteiger partial charge in [0.2, 0.25) is 11.8 Å². The molecule has 0 aromatic rings. The van der Waals surface area contributed by atoms with Gasteiger partial charge < -0.3 is 15.0 Å². The predicted octanol–water partition coefficient (Wildman–Crippen LogP) is 3.13. The van der Waals surface area contributed by atoms with E-state index in [1.165, 1.54) is 0 Å². The Morgan fingerprint density at radius 2 is 1.84 bits per heavy atom. The SMILES string of the molecule is CCN(C1CCOCC1)C1CC(Cl)CC(C(=O)N(C)CC2C(=O)NC(C)CC2C)C1C. The van der Waals surface area contributed by atoms with Gasteiger partial charge in [0.15, 0.2) is 0 Å². The van der Waals surface area contributed by atoms with Crippen LogP contribution in [0.2, 0.25) is 0 Å². The molecule has 2 saturated heterocycles. The first-order valence-corrected chi connectivity index (χ1v) is 12.7. The second-order valence-corrected chi connectivity index (χ2v) is 10.8. The summed E-state index contributed by atoms with van der Waals surface area (Å²) in [7, 11) is 1.86. The number of piperidine rings is 1. The third-order valence-electron chi connectivity index (χ3n) is 8.00. The zero-order valence-corrected chi connectivity index (χ0v) is 20.7. The van der Waals surface area contributed by atoms with Crippen LogP contribution in [0.4, 0.5) is 0 Å². The standard InChI is InChI=1S/C24H42ClN3O3/c1-6-28(19-7-9-31-10-8-19)22-13-18(25)12-20(17(22)4)24(30)27(5)14-21-15(2)11-16(3)26-23(21)29/h15-22H,6-14H2,1-5H3,(H,26,29). The summed E-state index contributed by atoms with van der Waals surface area (Å²) in [6, 6.07) is 1.03. The van der Waals surface area contributed by atoms with Crippen LogP contribution in [-0.4, -0.2) is 78.5 Å². The number of rotatable bonds is 6. The first-order valence-electron chi connectivity index (χ1n) is 12.3. The summed E-state index contributed by atoms with van der Waals surface area (Å²) < 4.78 is 5.57. The molecular formula is C24H42ClN3O3. The van der Waals surface area contributed by atoms with Gasteiger partial charge in [-0.1, -0.05) is 20.8 Å². The number of ether oxygens (including phenoxy) is 1. The maximum Gasteiger partial charge on any atom is 0.225 e. The molecule has 7 atom stereocenters. The molecule has 0 radical (unpaired) electrons. The molecule has 2 amide bonds. The van der Waals surface area contributed by atoms with E-state index >= 15 is 0 Å². The fourth-order valence-corrected chi connectivity index (χ4v) is 6.57. The Balaban J connectivity index is 1.68. The van der Waals surface area contributed by atoms with Gasteiger partial charge in [-0.05, 0) is 57.4 Å². The minimum atomic E-state index is -0.138. The van der Waals surface area contributed by atoms with Gasteiger partial charge in [0.1, 0.15) is 0 Å². The molecule has 3 rings (SSSR count). The van der Waals surface area contributed by atoms with Gasteiger partial charge in [-0.2, -0.15) is 0 Å². The van der Waals surface area contributed by atoms with Gasteiger partial charge in [0, 0.05) is 56.2 Å². The average Bonchev–Trinajstić information content (AvgIpc) is 2.73. The Kier molecular flexibility index (Phi) is 8.67. The van der Waals surface area contributed by atoms with E-state index in [4.69, 9.17) is 16.3 Å². The van der Waals surface area contributed by atoms with Crippen molar-refractivity contribution in [3.63, 3.8) is 0 Å². The number of carbonyl (C=O) groups is 2. The van der Waals surface area contributed by atoms with Gasteiger partial charge in [-0.25, -0.2) is 0 Å². The average molecular weight is 456 g/mol. The van der Waals surface area contributed by atoms with Gasteiger partial charge in [-0.3, -0.25) is 14.5 Å². The third kappa shape index (κ3) is 5.75. The summed E-state index contributed by atoms with van der Waals surface area (Å²) in [5.74, 6) is 0.504. The molecule has 1 aliphatic carbocycles. The van der Waals surface area contributed by atoms with Crippen molar-refractivity contribution in [1.29, 1.82) is 0 Å². The zero-order chi connectivity index (χ0) is 22.7. The molecule has 2 heterocycles. The summed E-state index contributed by atoms with van der Waals surface area (Å²) >= 11 is 6.73. The Bertz CT molecular complexity index is 627. The molecule has 0 spiro atoms. The molecule has 6 nitrogen and oxygen atoms in total. The lowest BCUT2D eigenvalue weighted by atomic mass is 9.74. The van der Waals surface area contributed by atoms with Crippen LogP contribution in [0.3, 0.4) is 0 Å². The molecule has 31 heavy (non-hydrogen) atoms. The number of amides is 2. The molecule has 0 aromatic heterocycles. The van der Waals surface area contributed by atoms with Crippen molar-refractivity contribution in [2.45, 2.75) is 83.3 Å². The fraction of sp³-hybridized carbons (Fsp3) is 0.917. The van der Waals surface area contributed by atoms with Crippen LogP contribution in [0.5, 0.6) is 0 Å². The normalized spacial score (nSPS) is 37.5. The van der Waals surface area contributed by atoms with Crippen LogP contribution >= 0.6 is 11.6 Å². The molecule has 3 fully saturated rings. The second-order valence-electron chi connectivity index (χ2n) is 10.2. The van der Waals surface area contributed by atoms with Crippen molar-refractivity contribution < 1.29 is 14.3 Å². The molecule has 2 aliphatic heterocycles. The number of nitrogens with one attached hydrogen (secondary N) is 1. The van der Waals surface area contributed by atoms with E-state index < -0.39 is 0 Å². The monoisotopic (exact) mass is 455 g/mol. The van der Waals surface area contributed by atoms with E-state index in [2.05, 4.69) is 31.0 Å². The van der Waals surface area contributed by atoms with Crippen molar-refractivity contribution >= 4 is 23.4 Å². The van der Waals surface area contributed by atoms with Crippen LogP contribution in [0.1, 0.15) is 59.8 Å². The molecule has 3 aliphatic rings. The first kappa shape index (κ1) is 24.8. The summed E-state index contributed by atoms with van der Waals surface area (Å²) in [6.45, 7) is 11.7. The van der Waals surface area contributed by atoms with Gasteiger partial charge in [0.25, 0.3) is 0 Å². The van der Waals surface area contributed by atoms with E-state index in [9.17, 15) is 9.59 Å². The first-order chi connectivity index (χ1) is 14.7. The Hall–Kier alpha value is -0.850. The topological polar surface area (TPSA) is 61.9 Å². The van der Waals surface area contributed by atoms with Gasteiger partial charge >= 0.3 is 0 Å². The molecule has 0 aromatic carbocycles. The highest BCUT2D eigenvalue weighted by Crippen LogP contribution is 2.38. The number of hydrogen-bond donors (Lipinski definition) is 1. The Morgan fingerprint density at radius 1 is 1.16 bits per heavy atom. The maximum absolute atomic E-state index is 13.5. The summed E-state index contributed by atoms with van der Waals surface area (Å²) in [6.07, 6.45) is 4.71. The molecule has 1 saturated carbocycles. The lowest BCUT2D eigenvalue weighted by molar-refractivity contribution is -0.141. The second kappa shape index (κ2) is 10.8. The van der Waals surface area contributed by atoms with E-state index in [0.717, 1.165) is 51.9 Å². The largest absolute Gasteiger partial charge is 0.381 e. The van der Waals surface area contributed by atoms with Crippen LogP contribution < -0.4 is 5.32 Å².